The van der Waals surface area contributed by atoms with Gasteiger partial charge in [0.15, 0.2) is 6.61 Å². The number of benzene rings is 2. The number of nitrogens with one attached hydrogen (secondary N) is 1. The van der Waals surface area contributed by atoms with E-state index in [9.17, 15) is 13.2 Å². The first kappa shape index (κ1) is 21.5. The van der Waals surface area contributed by atoms with Crippen LogP contribution in [0.3, 0.4) is 0 Å². The number of hydrogen-bond acceptors (Lipinski definition) is 5. The molecule has 1 aliphatic rings. The molecule has 2 aromatic rings. The van der Waals surface area contributed by atoms with Crippen molar-refractivity contribution in [1.82, 2.24) is 0 Å². The van der Waals surface area contributed by atoms with Crippen LogP contribution in [0.1, 0.15) is 18.9 Å². The van der Waals surface area contributed by atoms with E-state index >= 15 is 0 Å². The summed E-state index contributed by atoms with van der Waals surface area (Å²) in [5.41, 5.74) is 2.41. The van der Waals surface area contributed by atoms with Crippen LogP contribution in [-0.4, -0.2) is 32.1 Å². The van der Waals surface area contributed by atoms with Gasteiger partial charge in [-0.25, -0.2) is 13.6 Å². The molecule has 0 saturated heterocycles. The van der Waals surface area contributed by atoms with Crippen molar-refractivity contribution < 1.29 is 17.9 Å². The summed E-state index contributed by atoms with van der Waals surface area (Å²) in [5, 5.41) is 7.89. The van der Waals surface area contributed by atoms with Gasteiger partial charge in [0.25, 0.3) is 11.1 Å². The molecule has 0 fully saturated rings. The largest absolute Gasteiger partial charge is 0.461 e. The average Bonchev–Trinajstić information content (AvgIpc) is 2.66. The van der Waals surface area contributed by atoms with Gasteiger partial charge >= 0.3 is 0 Å². The lowest BCUT2D eigenvalue weighted by molar-refractivity contribution is -0.118. The molecule has 1 heterocycles. The van der Waals surface area contributed by atoms with E-state index in [4.69, 9.17) is 33.7 Å². The Morgan fingerprint density at radius 1 is 1.34 bits per heavy atom. The molecule has 29 heavy (non-hydrogen) atoms. The molecule has 0 aliphatic carbocycles. The van der Waals surface area contributed by atoms with E-state index in [1.54, 1.807) is 0 Å². The zero-order valence-electron chi connectivity index (χ0n) is 15.6. The lowest BCUT2D eigenvalue weighted by Crippen LogP contribution is -2.43. The summed E-state index contributed by atoms with van der Waals surface area (Å²) in [5.74, 6) is -0.476. The number of para-hydroxylation sites is 1. The summed E-state index contributed by atoms with van der Waals surface area (Å²) >= 11 is 11.4. The van der Waals surface area contributed by atoms with E-state index in [2.05, 4.69) is 18.3 Å². The van der Waals surface area contributed by atoms with Gasteiger partial charge in [0.2, 0.25) is 10.0 Å². The molecule has 154 valence electrons. The molecule has 3 N–H and O–H groups in total. The Bertz CT molecular complexity index is 1060. The van der Waals surface area contributed by atoms with E-state index in [0.29, 0.717) is 0 Å². The van der Waals surface area contributed by atoms with Crippen LogP contribution in [0.25, 0.3) is 0 Å². The zero-order valence-corrected chi connectivity index (χ0v) is 18.0. The van der Waals surface area contributed by atoms with Crippen LogP contribution in [0.2, 0.25) is 5.02 Å². The molecule has 0 radical (unpaired) electrons. The number of nitrogens with two attached hydrogens (primary N) is 1. The number of anilines is 2. The summed E-state index contributed by atoms with van der Waals surface area (Å²) in [6.07, 6.45) is 1.89. The maximum atomic E-state index is 12.2. The van der Waals surface area contributed by atoms with Gasteiger partial charge in [-0.05, 0) is 61.8 Å². The number of ether oxygens (including phenoxy) is 1. The summed E-state index contributed by atoms with van der Waals surface area (Å²) in [6.45, 7) is 1.75. The molecule has 1 amide bonds. The van der Waals surface area contributed by atoms with Crippen LogP contribution in [0, 0.1) is 0 Å². The molecular weight excluding hydrogens is 434 g/mol. The Labute approximate surface area is 179 Å². The minimum absolute atomic E-state index is 0.0473. The predicted molar refractivity (Wildman–Crippen MR) is 117 cm³/mol. The van der Waals surface area contributed by atoms with Crippen molar-refractivity contribution >= 4 is 56.3 Å². The van der Waals surface area contributed by atoms with Gasteiger partial charge in [-0.1, -0.05) is 29.8 Å². The van der Waals surface area contributed by atoms with E-state index in [1.165, 1.54) is 23.8 Å². The topological polar surface area (TPSA) is 102 Å². The normalized spacial score (nSPS) is 16.1. The number of aryl methyl sites for hydroxylation is 1. The van der Waals surface area contributed by atoms with Crippen molar-refractivity contribution in [2.45, 2.75) is 30.7 Å². The number of rotatable bonds is 4. The smallest absolute Gasteiger partial charge is 0.264 e. The van der Waals surface area contributed by atoms with Crippen LogP contribution in [0.4, 0.5) is 11.4 Å². The second kappa shape index (κ2) is 8.66. The first-order valence-corrected chi connectivity index (χ1v) is 11.2. The molecule has 1 aliphatic heterocycles. The van der Waals surface area contributed by atoms with Crippen molar-refractivity contribution in [3.05, 3.63) is 53.1 Å². The Hall–Kier alpha value is -2.20. The quantitative estimate of drug-likeness (QED) is 0.690. The third-order valence-corrected chi connectivity index (χ3v) is 6.13. The van der Waals surface area contributed by atoms with Gasteiger partial charge < -0.3 is 15.0 Å². The molecule has 0 spiro atoms. The average molecular weight is 454 g/mol. The molecule has 3 rings (SSSR count). The molecule has 0 unspecified atom stereocenters. The third-order valence-electron chi connectivity index (χ3n) is 4.59. The zero-order chi connectivity index (χ0) is 21.2. The summed E-state index contributed by atoms with van der Waals surface area (Å²) in [7, 11) is -3.88. The fraction of sp³-hybridized carbons (Fsp3) is 0.263. The lowest BCUT2D eigenvalue weighted by atomic mass is 9.97. The molecule has 1 atom stereocenters. The summed E-state index contributed by atoms with van der Waals surface area (Å²) < 4.78 is 28.3. The van der Waals surface area contributed by atoms with Gasteiger partial charge in [0, 0.05) is 11.7 Å². The first-order chi connectivity index (χ1) is 13.7. The molecule has 10 heteroatoms. The van der Waals surface area contributed by atoms with Gasteiger partial charge in [-0.2, -0.15) is 0 Å². The summed E-state index contributed by atoms with van der Waals surface area (Å²) in [4.78, 5) is 14.0. The van der Waals surface area contributed by atoms with Crippen LogP contribution in [0.5, 0.6) is 0 Å². The maximum Gasteiger partial charge on any atom is 0.264 e. The molecule has 0 bridgehead atoms. The second-order valence-electron chi connectivity index (χ2n) is 6.68. The van der Waals surface area contributed by atoms with Gasteiger partial charge in [-0.3, -0.25) is 4.79 Å². The van der Waals surface area contributed by atoms with Crippen LogP contribution >= 0.6 is 23.8 Å². The van der Waals surface area contributed by atoms with E-state index in [-0.39, 0.29) is 33.4 Å². The molecule has 2 aromatic carbocycles. The lowest BCUT2D eigenvalue weighted by Gasteiger charge is -2.36. The van der Waals surface area contributed by atoms with Crippen molar-refractivity contribution in [1.29, 1.82) is 0 Å². The van der Waals surface area contributed by atoms with Crippen molar-refractivity contribution in [2.75, 3.05) is 16.8 Å². The summed E-state index contributed by atoms with van der Waals surface area (Å²) in [6, 6.07) is 11.9. The fourth-order valence-corrected chi connectivity index (χ4v) is 4.29. The highest BCUT2D eigenvalue weighted by atomic mass is 35.5. The van der Waals surface area contributed by atoms with E-state index in [1.807, 2.05) is 23.1 Å². The van der Waals surface area contributed by atoms with Gasteiger partial charge in [0.05, 0.1) is 15.6 Å². The number of primary sulfonamides is 1. The first-order valence-electron chi connectivity index (χ1n) is 8.83. The fourth-order valence-electron chi connectivity index (χ4n) is 3.12. The number of hydrogen-bond donors (Lipinski definition) is 2. The number of sulfonamides is 1. The highest BCUT2D eigenvalue weighted by Gasteiger charge is 2.27. The van der Waals surface area contributed by atoms with Gasteiger partial charge in [-0.15, -0.1) is 0 Å². The Morgan fingerprint density at radius 3 is 2.76 bits per heavy atom. The van der Waals surface area contributed by atoms with Crippen LogP contribution in [0.15, 0.2) is 47.4 Å². The van der Waals surface area contributed by atoms with Crippen LogP contribution < -0.4 is 15.4 Å². The number of carbonyl (C=O) groups excluding carboxylic acids is 1. The Kier molecular flexibility index (Phi) is 6.42. The van der Waals surface area contributed by atoms with E-state index < -0.39 is 15.9 Å². The van der Waals surface area contributed by atoms with Crippen molar-refractivity contribution in [3.8, 4) is 0 Å². The third kappa shape index (κ3) is 5.05. The number of thiocarbonyl (C=S) groups is 1. The highest BCUT2D eigenvalue weighted by Crippen LogP contribution is 2.31. The SMILES string of the molecule is C[C@@H]1CCc2ccccc2N1C(=S)OCC(=O)Nc1ccc(S(N)(=O)=O)cc1Cl. The highest BCUT2D eigenvalue weighted by molar-refractivity contribution is 7.89. The van der Waals surface area contributed by atoms with Crippen molar-refractivity contribution in [2.24, 2.45) is 5.14 Å². The number of amides is 1. The number of nitrogens with zero attached hydrogens (tertiary/aromatic N) is 1. The van der Waals surface area contributed by atoms with E-state index in [0.717, 1.165) is 18.5 Å². The molecule has 0 aromatic heterocycles. The monoisotopic (exact) mass is 453 g/mol. The molecular formula is C19H20ClN3O4S2. The van der Waals surface area contributed by atoms with Crippen molar-refractivity contribution in [3.63, 3.8) is 0 Å². The van der Waals surface area contributed by atoms with Crippen LogP contribution in [-0.2, 0) is 26.0 Å². The number of carbonyl (C=O) groups is 1. The number of halogens is 1. The Morgan fingerprint density at radius 2 is 2.07 bits per heavy atom. The predicted octanol–water partition coefficient (Wildman–Crippen LogP) is 3.07. The molecule has 0 saturated carbocycles. The minimum Gasteiger partial charge on any atom is -0.461 e. The second-order valence-corrected chi connectivity index (χ2v) is 8.99. The van der Waals surface area contributed by atoms with Gasteiger partial charge in [0.1, 0.15) is 0 Å². The standard InChI is InChI=1S/C19H20ClN3O4S2/c1-12-6-7-13-4-2-3-5-17(13)23(12)19(28)27-11-18(24)22-16-9-8-14(10-15(16)20)29(21,25)26/h2-5,8-10,12H,6-7,11H2,1H3,(H,22,24)(H2,21,25,26)/t12-/m1/s1. The molecule has 7 nitrogen and oxygen atoms in total. The number of fused-ring (bicyclic) bond motifs is 1. The Balaban J connectivity index is 1.63. The minimum atomic E-state index is -3.88. The maximum absolute atomic E-state index is 12.2.